The smallest absolute Gasteiger partial charge is 0.245 e. The minimum absolute atomic E-state index is 0.0827. The van der Waals surface area contributed by atoms with Crippen LogP contribution in [0.5, 0.6) is 0 Å². The van der Waals surface area contributed by atoms with E-state index < -0.39 is 5.91 Å². The van der Waals surface area contributed by atoms with E-state index in [-0.39, 0.29) is 12.6 Å². The van der Waals surface area contributed by atoms with Crippen LogP contribution in [0.3, 0.4) is 0 Å². The summed E-state index contributed by atoms with van der Waals surface area (Å²) in [4.78, 5) is 16.3. The summed E-state index contributed by atoms with van der Waals surface area (Å²) < 4.78 is 0. The molecule has 72 valence electrons. The Bertz CT molecular complexity index is 261. The summed E-state index contributed by atoms with van der Waals surface area (Å²) >= 11 is 1.63. The van der Waals surface area contributed by atoms with E-state index in [1.165, 1.54) is 0 Å². The Morgan fingerprint density at radius 2 is 2.62 bits per heavy atom. The molecule has 0 radical (unpaired) electrons. The molecular weight excluding hydrogens is 188 g/mol. The molecule has 1 aromatic rings. The van der Waals surface area contributed by atoms with Crippen molar-refractivity contribution >= 4 is 17.2 Å². The monoisotopic (exact) mass is 200 g/mol. The van der Waals surface area contributed by atoms with Crippen molar-refractivity contribution in [2.75, 3.05) is 6.61 Å². The van der Waals surface area contributed by atoms with Crippen LogP contribution < -0.4 is 11.2 Å². The molecule has 0 saturated carbocycles. The number of nitrogens with two attached hydrogens (primary N) is 1. The molecule has 5 heteroatoms. The second-order valence-electron chi connectivity index (χ2n) is 2.61. The zero-order valence-corrected chi connectivity index (χ0v) is 8.14. The fraction of sp³-hybridized carbons (Fsp3) is 0.375. The van der Waals surface area contributed by atoms with Gasteiger partial charge in [-0.2, -0.15) is 5.48 Å². The lowest BCUT2D eigenvalue weighted by molar-refractivity contribution is -0.125. The number of rotatable bonds is 5. The minimum atomic E-state index is -0.481. The molecule has 13 heavy (non-hydrogen) atoms. The number of thiophene rings is 1. The third-order valence-electron chi connectivity index (χ3n) is 1.44. The summed E-state index contributed by atoms with van der Waals surface area (Å²) in [6.07, 6.45) is 0. The second-order valence-corrected chi connectivity index (χ2v) is 3.59. The Kier molecular flexibility index (Phi) is 3.88. The predicted molar refractivity (Wildman–Crippen MR) is 51.0 cm³/mol. The molecule has 0 aliphatic carbocycles. The van der Waals surface area contributed by atoms with Gasteiger partial charge in [0.15, 0.2) is 0 Å². The number of hydrogen-bond acceptors (Lipinski definition) is 4. The van der Waals surface area contributed by atoms with Crippen LogP contribution in [-0.2, 0) is 9.63 Å². The maximum atomic E-state index is 10.3. The van der Waals surface area contributed by atoms with Gasteiger partial charge in [-0.25, -0.2) is 0 Å². The Balaban J connectivity index is 2.26. The van der Waals surface area contributed by atoms with Crippen LogP contribution >= 0.6 is 11.3 Å². The van der Waals surface area contributed by atoms with E-state index in [1.54, 1.807) is 11.3 Å². The molecule has 3 N–H and O–H groups in total. The van der Waals surface area contributed by atoms with Gasteiger partial charge in [0.05, 0.1) is 6.04 Å². The van der Waals surface area contributed by atoms with Gasteiger partial charge in [-0.15, -0.1) is 11.3 Å². The molecule has 1 unspecified atom stereocenters. The van der Waals surface area contributed by atoms with Crippen LogP contribution in [-0.4, -0.2) is 12.5 Å². The molecule has 1 atom stereocenters. The molecule has 1 rings (SSSR count). The van der Waals surface area contributed by atoms with Crippen molar-refractivity contribution in [1.82, 2.24) is 5.48 Å². The lowest BCUT2D eigenvalue weighted by Gasteiger charge is -2.10. The molecule has 0 saturated heterocycles. The van der Waals surface area contributed by atoms with E-state index in [2.05, 4.69) is 5.48 Å². The predicted octanol–water partition coefficient (Wildman–Crippen LogP) is 0.816. The van der Waals surface area contributed by atoms with Crippen molar-refractivity contribution in [3.63, 3.8) is 0 Å². The SMILES string of the molecule is CC(NOCC(N)=O)c1cccs1. The van der Waals surface area contributed by atoms with Gasteiger partial charge in [0.2, 0.25) is 5.91 Å². The number of amides is 1. The second kappa shape index (κ2) is 4.96. The normalized spacial score (nSPS) is 12.7. The number of hydroxylamine groups is 1. The van der Waals surface area contributed by atoms with E-state index in [1.807, 2.05) is 24.4 Å². The summed E-state index contributed by atoms with van der Waals surface area (Å²) in [5.74, 6) is -0.481. The molecule has 0 fully saturated rings. The van der Waals surface area contributed by atoms with E-state index in [9.17, 15) is 4.79 Å². The topological polar surface area (TPSA) is 64.3 Å². The third kappa shape index (κ3) is 3.54. The lowest BCUT2D eigenvalue weighted by atomic mass is 10.3. The first-order valence-corrected chi connectivity index (χ1v) is 4.77. The minimum Gasteiger partial charge on any atom is -0.368 e. The van der Waals surface area contributed by atoms with Gasteiger partial charge in [0, 0.05) is 4.88 Å². The fourth-order valence-electron chi connectivity index (χ4n) is 0.834. The van der Waals surface area contributed by atoms with Crippen LogP contribution in [0.2, 0.25) is 0 Å². The third-order valence-corrected chi connectivity index (χ3v) is 2.50. The first-order valence-electron chi connectivity index (χ1n) is 3.89. The van der Waals surface area contributed by atoms with Crippen molar-refractivity contribution in [2.24, 2.45) is 5.73 Å². The van der Waals surface area contributed by atoms with Gasteiger partial charge in [-0.1, -0.05) is 6.07 Å². The van der Waals surface area contributed by atoms with Crippen molar-refractivity contribution in [2.45, 2.75) is 13.0 Å². The van der Waals surface area contributed by atoms with Gasteiger partial charge in [-0.3, -0.25) is 9.63 Å². The van der Waals surface area contributed by atoms with E-state index in [4.69, 9.17) is 10.6 Å². The highest BCUT2D eigenvalue weighted by atomic mass is 32.1. The first kappa shape index (κ1) is 10.2. The number of hydrogen-bond donors (Lipinski definition) is 2. The molecule has 1 aromatic heterocycles. The average molecular weight is 200 g/mol. The van der Waals surface area contributed by atoms with E-state index in [0.717, 1.165) is 4.88 Å². The molecule has 0 spiro atoms. The summed E-state index contributed by atoms with van der Waals surface area (Å²) in [7, 11) is 0. The molecule has 0 aliphatic rings. The average Bonchev–Trinajstić information content (AvgIpc) is 2.55. The van der Waals surface area contributed by atoms with Gasteiger partial charge >= 0.3 is 0 Å². The Hall–Kier alpha value is -0.910. The number of carbonyl (C=O) groups is 1. The molecule has 0 aromatic carbocycles. The zero-order valence-electron chi connectivity index (χ0n) is 7.32. The van der Waals surface area contributed by atoms with E-state index >= 15 is 0 Å². The summed E-state index contributed by atoms with van der Waals surface area (Å²) in [6.45, 7) is 1.85. The molecule has 1 heterocycles. The molecule has 0 aliphatic heterocycles. The maximum absolute atomic E-state index is 10.3. The number of carbonyl (C=O) groups excluding carboxylic acids is 1. The van der Waals surface area contributed by atoms with Crippen LogP contribution in [0.15, 0.2) is 17.5 Å². The van der Waals surface area contributed by atoms with Crippen molar-refractivity contribution in [3.05, 3.63) is 22.4 Å². The Morgan fingerprint density at radius 1 is 1.85 bits per heavy atom. The summed E-state index contributed by atoms with van der Waals surface area (Å²) in [6, 6.07) is 4.04. The van der Waals surface area contributed by atoms with Crippen molar-refractivity contribution in [1.29, 1.82) is 0 Å². The standard InChI is InChI=1S/C8H12N2O2S/c1-6(7-3-2-4-13-7)10-12-5-8(9)11/h2-4,6,10H,5H2,1H3,(H2,9,11). The van der Waals surface area contributed by atoms with Crippen LogP contribution in [0.1, 0.15) is 17.8 Å². The first-order chi connectivity index (χ1) is 6.20. The quantitative estimate of drug-likeness (QED) is 0.691. The van der Waals surface area contributed by atoms with E-state index in [0.29, 0.717) is 0 Å². The van der Waals surface area contributed by atoms with Gasteiger partial charge in [0.25, 0.3) is 0 Å². The highest BCUT2D eigenvalue weighted by molar-refractivity contribution is 7.10. The summed E-state index contributed by atoms with van der Waals surface area (Å²) in [5, 5.41) is 1.99. The van der Waals surface area contributed by atoms with Crippen LogP contribution in [0.4, 0.5) is 0 Å². The van der Waals surface area contributed by atoms with Crippen molar-refractivity contribution in [3.8, 4) is 0 Å². The fourth-order valence-corrected chi connectivity index (χ4v) is 1.56. The molecular formula is C8H12N2O2S. The van der Waals surface area contributed by atoms with Crippen LogP contribution in [0, 0.1) is 0 Å². The van der Waals surface area contributed by atoms with Crippen LogP contribution in [0.25, 0.3) is 0 Å². The summed E-state index contributed by atoms with van der Waals surface area (Å²) in [5.41, 5.74) is 7.62. The van der Waals surface area contributed by atoms with Gasteiger partial charge < -0.3 is 5.73 Å². The highest BCUT2D eigenvalue weighted by Gasteiger charge is 2.05. The van der Waals surface area contributed by atoms with Gasteiger partial charge in [0.1, 0.15) is 6.61 Å². The maximum Gasteiger partial charge on any atom is 0.245 e. The zero-order chi connectivity index (χ0) is 9.68. The number of nitrogens with one attached hydrogen (secondary N) is 1. The highest BCUT2D eigenvalue weighted by Crippen LogP contribution is 2.17. The number of primary amides is 1. The van der Waals surface area contributed by atoms with Gasteiger partial charge in [-0.05, 0) is 18.4 Å². The molecule has 0 bridgehead atoms. The largest absolute Gasteiger partial charge is 0.368 e. The lowest BCUT2D eigenvalue weighted by Crippen LogP contribution is -2.26. The van der Waals surface area contributed by atoms with Crippen molar-refractivity contribution < 1.29 is 9.63 Å². The molecule has 4 nitrogen and oxygen atoms in total. The Labute approximate surface area is 80.7 Å². The Morgan fingerprint density at radius 3 is 3.15 bits per heavy atom. The molecule has 1 amide bonds.